The van der Waals surface area contributed by atoms with Crippen LogP contribution in [-0.4, -0.2) is 36.2 Å². The first-order valence-corrected chi connectivity index (χ1v) is 5.89. The molecule has 4 amide bonds. The summed E-state index contributed by atoms with van der Waals surface area (Å²) >= 11 is 5.76. The Morgan fingerprint density at radius 2 is 1.85 bits per heavy atom. The van der Waals surface area contributed by atoms with Crippen LogP contribution in [-0.2, 0) is 0 Å². The van der Waals surface area contributed by atoms with Gasteiger partial charge >= 0.3 is 18.0 Å². The lowest BCUT2D eigenvalue weighted by Crippen LogP contribution is -2.38. The molecule has 1 rings (SSSR count). The number of urea groups is 2. The summed E-state index contributed by atoms with van der Waals surface area (Å²) in [5.74, 6) is -1.15. The molecule has 0 aliphatic carbocycles. The van der Waals surface area contributed by atoms with Crippen molar-refractivity contribution in [1.82, 2.24) is 10.6 Å². The zero-order valence-corrected chi connectivity index (χ0v) is 11.0. The van der Waals surface area contributed by atoms with E-state index in [1.165, 1.54) is 18.2 Å². The van der Waals surface area contributed by atoms with E-state index in [2.05, 4.69) is 16.0 Å². The minimum absolute atomic E-state index is 0.0192. The zero-order valence-electron chi connectivity index (χ0n) is 10.3. The lowest BCUT2D eigenvalue weighted by Gasteiger charge is -2.08. The first-order valence-electron chi connectivity index (χ1n) is 5.51. The normalized spacial score (nSPS) is 9.65. The van der Waals surface area contributed by atoms with E-state index in [9.17, 15) is 14.4 Å². The number of primary amides is 1. The number of hydrogen-bond acceptors (Lipinski definition) is 3. The Morgan fingerprint density at radius 3 is 2.40 bits per heavy atom. The molecule has 0 unspecified atom stereocenters. The van der Waals surface area contributed by atoms with Crippen molar-refractivity contribution < 1.29 is 19.5 Å². The average molecular weight is 301 g/mol. The van der Waals surface area contributed by atoms with Crippen molar-refractivity contribution in [3.8, 4) is 0 Å². The van der Waals surface area contributed by atoms with Crippen molar-refractivity contribution in [2.75, 3.05) is 18.4 Å². The highest BCUT2D eigenvalue weighted by molar-refractivity contribution is 6.33. The van der Waals surface area contributed by atoms with Crippen LogP contribution in [0.5, 0.6) is 0 Å². The number of halogens is 1. The predicted molar refractivity (Wildman–Crippen MR) is 73.0 cm³/mol. The van der Waals surface area contributed by atoms with Crippen LogP contribution in [0.1, 0.15) is 10.4 Å². The van der Waals surface area contributed by atoms with Crippen molar-refractivity contribution in [3.63, 3.8) is 0 Å². The number of benzene rings is 1. The maximum atomic E-state index is 11.5. The van der Waals surface area contributed by atoms with E-state index in [0.29, 0.717) is 5.69 Å². The number of amides is 4. The van der Waals surface area contributed by atoms with Crippen molar-refractivity contribution in [2.24, 2.45) is 5.73 Å². The van der Waals surface area contributed by atoms with Crippen LogP contribution in [0.15, 0.2) is 18.2 Å². The predicted octanol–water partition coefficient (Wildman–Crippen LogP) is 0.828. The number of hydrogen-bond donors (Lipinski definition) is 5. The van der Waals surface area contributed by atoms with Gasteiger partial charge in [0, 0.05) is 18.8 Å². The highest BCUT2D eigenvalue weighted by Gasteiger charge is 2.09. The van der Waals surface area contributed by atoms with Gasteiger partial charge in [-0.05, 0) is 18.2 Å². The first kappa shape index (κ1) is 15.6. The standard InChI is InChI=1S/C11H13ClN4O4/c12-8-5-6(1-2-7(8)9(17)18)16-11(20)15-4-3-14-10(13)19/h1-2,5H,3-4H2,(H,17,18)(H3,13,14,19)(H2,15,16,20). The topological polar surface area (TPSA) is 134 Å². The molecule has 0 fully saturated rings. The number of anilines is 1. The Labute approximate surface area is 119 Å². The molecule has 1 aromatic rings. The lowest BCUT2D eigenvalue weighted by atomic mass is 10.2. The van der Waals surface area contributed by atoms with E-state index < -0.39 is 18.0 Å². The smallest absolute Gasteiger partial charge is 0.337 e. The van der Waals surface area contributed by atoms with Crippen molar-refractivity contribution in [2.45, 2.75) is 0 Å². The van der Waals surface area contributed by atoms with Gasteiger partial charge in [0.15, 0.2) is 0 Å². The van der Waals surface area contributed by atoms with E-state index in [1.807, 2.05) is 0 Å². The molecule has 0 aromatic heterocycles. The highest BCUT2D eigenvalue weighted by Crippen LogP contribution is 2.20. The van der Waals surface area contributed by atoms with Gasteiger partial charge in [-0.3, -0.25) is 0 Å². The average Bonchev–Trinajstić information content (AvgIpc) is 2.34. The number of carboxylic acid groups (broad SMARTS) is 1. The third-order valence-electron chi connectivity index (χ3n) is 2.17. The second-order valence-electron chi connectivity index (χ2n) is 3.67. The van der Waals surface area contributed by atoms with E-state index in [4.69, 9.17) is 22.4 Å². The molecule has 0 atom stereocenters. The van der Waals surface area contributed by atoms with Crippen LogP contribution in [0.3, 0.4) is 0 Å². The molecule has 1 aromatic carbocycles. The Kier molecular flexibility index (Phi) is 5.60. The number of nitrogens with two attached hydrogens (primary N) is 1. The second kappa shape index (κ2) is 7.19. The zero-order chi connectivity index (χ0) is 15.1. The van der Waals surface area contributed by atoms with Crippen LogP contribution in [0.2, 0.25) is 5.02 Å². The lowest BCUT2D eigenvalue weighted by molar-refractivity contribution is 0.0697. The molecule has 0 saturated carbocycles. The van der Waals surface area contributed by atoms with Gasteiger partial charge in [-0.25, -0.2) is 14.4 Å². The van der Waals surface area contributed by atoms with Crippen molar-refractivity contribution in [3.05, 3.63) is 28.8 Å². The fourth-order valence-corrected chi connectivity index (χ4v) is 1.56. The molecular weight excluding hydrogens is 288 g/mol. The van der Waals surface area contributed by atoms with Crippen molar-refractivity contribution >= 4 is 35.3 Å². The van der Waals surface area contributed by atoms with Gasteiger partial charge in [0.2, 0.25) is 0 Å². The van der Waals surface area contributed by atoms with Gasteiger partial charge in [0.05, 0.1) is 10.6 Å². The second-order valence-corrected chi connectivity index (χ2v) is 4.08. The minimum atomic E-state index is -1.15. The third-order valence-corrected chi connectivity index (χ3v) is 2.48. The number of aromatic carboxylic acids is 1. The molecule has 0 heterocycles. The quantitative estimate of drug-likeness (QED) is 0.515. The molecule has 0 spiro atoms. The fraction of sp³-hybridized carbons (Fsp3) is 0.182. The summed E-state index contributed by atoms with van der Waals surface area (Å²) in [5, 5.41) is 16.0. The molecule has 9 heteroatoms. The monoisotopic (exact) mass is 300 g/mol. The Hall–Kier alpha value is -2.48. The first-order chi connectivity index (χ1) is 9.40. The molecule has 8 nitrogen and oxygen atoms in total. The van der Waals surface area contributed by atoms with Gasteiger partial charge in [-0.15, -0.1) is 0 Å². The summed E-state index contributed by atoms with van der Waals surface area (Å²) in [5.41, 5.74) is 5.14. The third kappa shape index (κ3) is 5.02. The van der Waals surface area contributed by atoms with E-state index in [1.54, 1.807) is 0 Å². The van der Waals surface area contributed by atoms with Crippen LogP contribution >= 0.6 is 11.6 Å². The summed E-state index contributed by atoms with van der Waals surface area (Å²) in [6.07, 6.45) is 0. The summed E-state index contributed by atoms with van der Waals surface area (Å²) in [6.45, 7) is 0.386. The molecule has 20 heavy (non-hydrogen) atoms. The number of carbonyl (C=O) groups excluding carboxylic acids is 2. The Bertz CT molecular complexity index is 535. The summed E-state index contributed by atoms with van der Waals surface area (Å²) < 4.78 is 0. The fourth-order valence-electron chi connectivity index (χ4n) is 1.30. The maximum Gasteiger partial charge on any atom is 0.337 e. The van der Waals surface area contributed by atoms with Crippen LogP contribution in [0.4, 0.5) is 15.3 Å². The number of carbonyl (C=O) groups is 3. The highest BCUT2D eigenvalue weighted by atomic mass is 35.5. The SMILES string of the molecule is NC(=O)NCCNC(=O)Nc1ccc(C(=O)O)c(Cl)c1. The Morgan fingerprint density at radius 1 is 1.20 bits per heavy atom. The summed E-state index contributed by atoms with van der Waals surface area (Å²) in [7, 11) is 0. The molecule has 0 aliphatic rings. The van der Waals surface area contributed by atoms with Gasteiger partial charge in [0.25, 0.3) is 0 Å². The molecular formula is C11H13ClN4O4. The van der Waals surface area contributed by atoms with Gasteiger partial charge in [-0.2, -0.15) is 0 Å². The molecule has 6 N–H and O–H groups in total. The largest absolute Gasteiger partial charge is 0.478 e. The summed E-state index contributed by atoms with van der Waals surface area (Å²) in [6, 6.07) is 2.83. The molecule has 0 aliphatic heterocycles. The van der Waals surface area contributed by atoms with Crippen LogP contribution < -0.4 is 21.7 Å². The molecule has 0 bridgehead atoms. The van der Waals surface area contributed by atoms with E-state index in [0.717, 1.165) is 0 Å². The number of carboxylic acids is 1. The molecule has 0 saturated heterocycles. The summed E-state index contributed by atoms with van der Waals surface area (Å²) in [4.78, 5) is 32.6. The van der Waals surface area contributed by atoms with Crippen molar-refractivity contribution in [1.29, 1.82) is 0 Å². The maximum absolute atomic E-state index is 11.5. The Balaban J connectivity index is 2.48. The molecule has 0 radical (unpaired) electrons. The van der Waals surface area contributed by atoms with E-state index >= 15 is 0 Å². The van der Waals surface area contributed by atoms with E-state index in [-0.39, 0.29) is 23.7 Å². The number of rotatable bonds is 5. The van der Waals surface area contributed by atoms with Gasteiger partial charge in [0.1, 0.15) is 0 Å². The van der Waals surface area contributed by atoms with Gasteiger partial charge in [-0.1, -0.05) is 11.6 Å². The van der Waals surface area contributed by atoms with Gasteiger partial charge < -0.3 is 26.8 Å². The van der Waals surface area contributed by atoms with Crippen LogP contribution in [0.25, 0.3) is 0 Å². The number of nitrogens with one attached hydrogen (secondary N) is 3. The molecule has 108 valence electrons. The minimum Gasteiger partial charge on any atom is -0.478 e. The van der Waals surface area contributed by atoms with Crippen LogP contribution in [0, 0.1) is 0 Å².